The molecule has 11 nitrogen and oxygen atoms in total. The van der Waals surface area contributed by atoms with Crippen molar-refractivity contribution in [3.8, 4) is 28.7 Å². The molecule has 210 valence electrons. The summed E-state index contributed by atoms with van der Waals surface area (Å²) in [6.45, 7) is 1.99. The largest absolute Gasteiger partial charge is 0.506 e. The van der Waals surface area contributed by atoms with Crippen molar-refractivity contribution in [3.05, 3.63) is 84.3 Å². The van der Waals surface area contributed by atoms with Crippen LogP contribution < -0.4 is 19.9 Å². The molecule has 0 saturated heterocycles. The number of oxazole rings is 1. The van der Waals surface area contributed by atoms with Crippen LogP contribution in [-0.2, 0) is 21.2 Å². The van der Waals surface area contributed by atoms with E-state index in [1.807, 2.05) is 12.1 Å². The molecule has 0 saturated carbocycles. The van der Waals surface area contributed by atoms with Crippen LogP contribution in [0, 0.1) is 0 Å². The fourth-order valence-electron chi connectivity index (χ4n) is 4.06. The minimum absolute atomic E-state index is 0.194. The average Bonchev–Trinajstić information content (AvgIpc) is 3.49. The number of aromatic nitrogens is 1. The molecule has 0 spiro atoms. The number of anilines is 2. The second-order valence-corrected chi connectivity index (χ2v) is 10.8. The maximum Gasteiger partial charge on any atom is 0.248 e. The van der Waals surface area contributed by atoms with Gasteiger partial charge >= 0.3 is 0 Å². The van der Waals surface area contributed by atoms with Gasteiger partial charge in [-0.15, -0.1) is 0 Å². The number of ether oxygens (including phenoxy) is 1. The van der Waals surface area contributed by atoms with E-state index in [1.54, 1.807) is 56.6 Å². The first-order valence-corrected chi connectivity index (χ1v) is 14.2. The normalized spacial score (nSPS) is 12.1. The summed E-state index contributed by atoms with van der Waals surface area (Å²) in [4.78, 5) is 17.9. The van der Waals surface area contributed by atoms with Crippen molar-refractivity contribution < 1.29 is 32.6 Å². The molecular formula is C28H30N4O7S. The van der Waals surface area contributed by atoms with Crippen molar-refractivity contribution in [2.75, 3.05) is 29.6 Å². The molecule has 0 fully saturated rings. The summed E-state index contributed by atoms with van der Waals surface area (Å²) < 4.78 is 36.0. The van der Waals surface area contributed by atoms with E-state index in [1.165, 1.54) is 23.4 Å². The zero-order valence-electron chi connectivity index (χ0n) is 22.2. The van der Waals surface area contributed by atoms with Crippen molar-refractivity contribution in [2.45, 2.75) is 19.3 Å². The van der Waals surface area contributed by atoms with Gasteiger partial charge in [0.1, 0.15) is 29.2 Å². The van der Waals surface area contributed by atoms with Crippen LogP contribution in [0.4, 0.5) is 11.4 Å². The Morgan fingerprint density at radius 2 is 1.77 bits per heavy atom. The Labute approximate surface area is 232 Å². The second-order valence-electron chi connectivity index (χ2n) is 9.05. The number of nitrogens with one attached hydrogen (secondary N) is 2. The molecule has 4 rings (SSSR count). The Balaban J connectivity index is 1.57. The third-order valence-electron chi connectivity index (χ3n) is 6.20. The number of hydrogen-bond donors (Lipinski definition) is 4. The molecule has 3 aromatic carbocycles. The SMILES string of the molecule is COc1ccc(C(C)C(=O)N(NCCc2ccc(O)c(NS(C)(=O)=O)c2O)c2ccc(-c3ncco3)cc2)cc1. The Morgan fingerprint density at radius 3 is 2.38 bits per heavy atom. The van der Waals surface area contributed by atoms with E-state index in [0.717, 1.165) is 17.4 Å². The molecule has 0 aliphatic heterocycles. The highest BCUT2D eigenvalue weighted by Gasteiger charge is 2.24. The van der Waals surface area contributed by atoms with Gasteiger partial charge in [-0.3, -0.25) is 9.52 Å². The molecule has 4 aromatic rings. The molecule has 0 bridgehead atoms. The van der Waals surface area contributed by atoms with Crippen molar-refractivity contribution in [3.63, 3.8) is 0 Å². The lowest BCUT2D eigenvalue weighted by Crippen LogP contribution is -2.46. The monoisotopic (exact) mass is 566 g/mol. The summed E-state index contributed by atoms with van der Waals surface area (Å²) >= 11 is 0. The number of methoxy groups -OCH3 is 1. The van der Waals surface area contributed by atoms with Gasteiger partial charge in [0, 0.05) is 12.1 Å². The Hall–Kier alpha value is -4.55. The topological polar surface area (TPSA) is 154 Å². The van der Waals surface area contributed by atoms with Crippen LogP contribution in [-0.4, -0.2) is 49.4 Å². The van der Waals surface area contributed by atoms with E-state index in [2.05, 4.69) is 15.1 Å². The van der Waals surface area contributed by atoms with Gasteiger partial charge < -0.3 is 19.4 Å². The van der Waals surface area contributed by atoms with E-state index >= 15 is 0 Å². The van der Waals surface area contributed by atoms with Crippen molar-refractivity contribution in [2.24, 2.45) is 0 Å². The number of hydrazine groups is 1. The quantitative estimate of drug-likeness (QED) is 0.156. The fraction of sp³-hybridized carbons (Fsp3) is 0.214. The van der Waals surface area contributed by atoms with Gasteiger partial charge in [0.05, 0.1) is 31.2 Å². The fourth-order valence-corrected chi connectivity index (χ4v) is 4.63. The summed E-state index contributed by atoms with van der Waals surface area (Å²) in [7, 11) is -2.17. The van der Waals surface area contributed by atoms with E-state index < -0.39 is 27.4 Å². The number of sulfonamides is 1. The molecule has 12 heteroatoms. The van der Waals surface area contributed by atoms with Crippen LogP contribution >= 0.6 is 0 Å². The standard InChI is InChI=1S/C28H30N4O7S/c1-18(19-6-11-23(38-2)12-7-19)28(35)32(22-9-4-21(5-10-22)27-29-16-17-39-27)30-15-14-20-8-13-24(33)25(26(20)34)31-40(3,36)37/h4-13,16-18,30-31,33-34H,14-15H2,1-3H3. The van der Waals surface area contributed by atoms with Crippen LogP contribution in [0.5, 0.6) is 17.2 Å². The molecular weight excluding hydrogens is 536 g/mol. The van der Waals surface area contributed by atoms with Gasteiger partial charge in [-0.2, -0.15) is 0 Å². The molecule has 0 aliphatic rings. The summed E-state index contributed by atoms with van der Waals surface area (Å²) in [5.41, 5.74) is 5.29. The zero-order valence-corrected chi connectivity index (χ0v) is 23.0. The van der Waals surface area contributed by atoms with E-state index in [4.69, 9.17) is 9.15 Å². The first-order chi connectivity index (χ1) is 19.1. The summed E-state index contributed by atoms with van der Waals surface area (Å²) in [5, 5.41) is 22.1. The number of aromatic hydroxyl groups is 2. The predicted molar refractivity (Wildman–Crippen MR) is 151 cm³/mol. The number of phenols is 2. The van der Waals surface area contributed by atoms with Crippen LogP contribution in [0.1, 0.15) is 24.0 Å². The van der Waals surface area contributed by atoms with Gasteiger partial charge in [-0.25, -0.2) is 23.8 Å². The molecule has 0 radical (unpaired) electrons. The highest BCUT2D eigenvalue weighted by molar-refractivity contribution is 7.92. The van der Waals surface area contributed by atoms with Crippen LogP contribution in [0.3, 0.4) is 0 Å². The number of nitrogens with zero attached hydrogens (tertiary/aromatic N) is 2. The lowest BCUT2D eigenvalue weighted by molar-refractivity contribution is -0.120. The number of benzene rings is 3. The first kappa shape index (κ1) is 28.5. The maximum absolute atomic E-state index is 13.7. The smallest absolute Gasteiger partial charge is 0.248 e. The number of carbonyl (C=O) groups excluding carboxylic acids is 1. The van der Waals surface area contributed by atoms with Crippen molar-refractivity contribution >= 4 is 27.3 Å². The van der Waals surface area contributed by atoms with Crippen LogP contribution in [0.15, 0.2) is 77.5 Å². The number of phenolic OH excluding ortho intramolecular Hbond substituents is 2. The summed E-state index contributed by atoms with van der Waals surface area (Å²) in [6.07, 6.45) is 4.15. The van der Waals surface area contributed by atoms with E-state index in [9.17, 15) is 23.4 Å². The molecule has 1 amide bonds. The van der Waals surface area contributed by atoms with Gasteiger partial charge in [0.25, 0.3) is 0 Å². The van der Waals surface area contributed by atoms with Gasteiger partial charge in [-0.05, 0) is 66.9 Å². The van der Waals surface area contributed by atoms with E-state index in [0.29, 0.717) is 22.9 Å². The van der Waals surface area contributed by atoms with Gasteiger partial charge in [0.15, 0.2) is 0 Å². The molecule has 1 atom stereocenters. The Kier molecular flexibility index (Phi) is 8.61. The summed E-state index contributed by atoms with van der Waals surface area (Å²) in [6, 6.07) is 17.1. The minimum atomic E-state index is -3.74. The number of rotatable bonds is 11. The lowest BCUT2D eigenvalue weighted by atomic mass is 9.99. The molecule has 1 unspecified atom stereocenters. The van der Waals surface area contributed by atoms with Gasteiger partial charge in [-0.1, -0.05) is 18.2 Å². The van der Waals surface area contributed by atoms with Crippen LogP contribution in [0.25, 0.3) is 11.5 Å². The number of hydrogen-bond acceptors (Lipinski definition) is 9. The highest BCUT2D eigenvalue weighted by Crippen LogP contribution is 2.37. The van der Waals surface area contributed by atoms with Crippen LogP contribution in [0.2, 0.25) is 0 Å². The molecule has 1 aromatic heterocycles. The second kappa shape index (κ2) is 12.1. The third kappa shape index (κ3) is 6.71. The Morgan fingerprint density at radius 1 is 1.07 bits per heavy atom. The van der Waals surface area contributed by atoms with E-state index in [-0.39, 0.29) is 24.6 Å². The van der Waals surface area contributed by atoms with Crippen molar-refractivity contribution in [1.82, 2.24) is 10.4 Å². The third-order valence-corrected chi connectivity index (χ3v) is 6.78. The maximum atomic E-state index is 13.7. The Bertz CT molecular complexity index is 1560. The predicted octanol–water partition coefficient (Wildman–Crippen LogP) is 4.02. The van der Waals surface area contributed by atoms with Crippen molar-refractivity contribution in [1.29, 1.82) is 0 Å². The minimum Gasteiger partial charge on any atom is -0.506 e. The molecule has 40 heavy (non-hydrogen) atoms. The summed E-state index contributed by atoms with van der Waals surface area (Å²) in [5.74, 6) is -0.423. The number of amides is 1. The molecule has 4 N–H and O–H groups in total. The number of carbonyl (C=O) groups is 1. The lowest BCUT2D eigenvalue weighted by Gasteiger charge is -2.27. The molecule has 0 aliphatic carbocycles. The highest BCUT2D eigenvalue weighted by atomic mass is 32.2. The zero-order chi connectivity index (χ0) is 28.9. The van der Waals surface area contributed by atoms with Gasteiger partial charge in [0.2, 0.25) is 21.8 Å². The average molecular weight is 567 g/mol. The molecule has 1 heterocycles. The first-order valence-electron chi connectivity index (χ1n) is 12.3.